The van der Waals surface area contributed by atoms with Crippen molar-refractivity contribution in [3.8, 4) is 0 Å². The summed E-state index contributed by atoms with van der Waals surface area (Å²) < 4.78 is 5.15. The highest BCUT2D eigenvalue weighted by Crippen LogP contribution is 2.03. The van der Waals surface area contributed by atoms with Gasteiger partial charge in [0, 0.05) is 25.8 Å². The average Bonchev–Trinajstić information content (AvgIpc) is 2.34. The fourth-order valence-electron chi connectivity index (χ4n) is 1.41. The van der Waals surface area contributed by atoms with E-state index in [0.717, 1.165) is 12.8 Å². The molecule has 0 aromatic rings. The smallest absolute Gasteiger partial charge is 0.323 e. The second-order valence-electron chi connectivity index (χ2n) is 4.06. The molecular formula is C12H24N2O4. The van der Waals surface area contributed by atoms with Crippen LogP contribution in [0.4, 0.5) is 4.79 Å². The van der Waals surface area contributed by atoms with Crippen molar-refractivity contribution in [3.63, 3.8) is 0 Å². The lowest BCUT2D eigenvalue weighted by Gasteiger charge is -2.27. The van der Waals surface area contributed by atoms with Crippen molar-refractivity contribution in [2.45, 2.75) is 39.7 Å². The van der Waals surface area contributed by atoms with Gasteiger partial charge in [0.2, 0.25) is 0 Å². The number of hydrogen-bond donors (Lipinski definition) is 2. The molecule has 0 aliphatic heterocycles. The van der Waals surface area contributed by atoms with E-state index in [-0.39, 0.29) is 18.6 Å². The van der Waals surface area contributed by atoms with Gasteiger partial charge in [-0.25, -0.2) is 4.79 Å². The van der Waals surface area contributed by atoms with Crippen LogP contribution in [0.15, 0.2) is 0 Å². The van der Waals surface area contributed by atoms with E-state index in [0.29, 0.717) is 19.8 Å². The molecule has 0 heterocycles. The Morgan fingerprint density at radius 3 is 2.56 bits per heavy atom. The van der Waals surface area contributed by atoms with E-state index in [1.807, 2.05) is 20.8 Å². The number of carbonyl (C=O) groups excluding carboxylic acids is 1. The molecule has 18 heavy (non-hydrogen) atoms. The number of nitrogens with one attached hydrogen (secondary N) is 1. The predicted molar refractivity (Wildman–Crippen MR) is 68.6 cm³/mol. The summed E-state index contributed by atoms with van der Waals surface area (Å²) in [6.45, 7) is 7.14. The number of hydrogen-bond acceptors (Lipinski definition) is 3. The zero-order valence-electron chi connectivity index (χ0n) is 11.4. The summed E-state index contributed by atoms with van der Waals surface area (Å²) in [6.07, 6.45) is 1.45. The SMILES string of the molecule is CCOCCCNC(=O)N(CC(=O)O)C(C)CC. The molecule has 0 aliphatic rings. The third kappa shape index (κ3) is 7.11. The summed E-state index contributed by atoms with van der Waals surface area (Å²) in [4.78, 5) is 23.9. The second-order valence-corrected chi connectivity index (χ2v) is 4.06. The first-order valence-corrected chi connectivity index (χ1v) is 6.36. The van der Waals surface area contributed by atoms with Crippen LogP contribution in [0.5, 0.6) is 0 Å². The quantitative estimate of drug-likeness (QED) is 0.613. The monoisotopic (exact) mass is 260 g/mol. The first-order chi connectivity index (χ1) is 8.52. The van der Waals surface area contributed by atoms with Crippen LogP contribution in [0.2, 0.25) is 0 Å². The first-order valence-electron chi connectivity index (χ1n) is 6.36. The summed E-state index contributed by atoms with van der Waals surface area (Å²) in [5.41, 5.74) is 0. The minimum atomic E-state index is -1.00. The van der Waals surface area contributed by atoms with Gasteiger partial charge in [-0.15, -0.1) is 0 Å². The molecule has 0 saturated carbocycles. The van der Waals surface area contributed by atoms with Gasteiger partial charge < -0.3 is 20.1 Å². The summed E-state index contributed by atoms with van der Waals surface area (Å²) in [7, 11) is 0. The Kier molecular flexibility index (Phi) is 9.00. The summed E-state index contributed by atoms with van der Waals surface area (Å²) in [6, 6.07) is -0.420. The van der Waals surface area contributed by atoms with Gasteiger partial charge in [0.05, 0.1) is 0 Å². The molecule has 0 spiro atoms. The van der Waals surface area contributed by atoms with E-state index in [1.54, 1.807) is 0 Å². The van der Waals surface area contributed by atoms with Gasteiger partial charge in [-0.2, -0.15) is 0 Å². The van der Waals surface area contributed by atoms with Gasteiger partial charge in [0.25, 0.3) is 0 Å². The second kappa shape index (κ2) is 9.70. The van der Waals surface area contributed by atoms with Crippen LogP contribution in [0.25, 0.3) is 0 Å². The summed E-state index contributed by atoms with van der Waals surface area (Å²) >= 11 is 0. The molecule has 0 fully saturated rings. The molecule has 2 N–H and O–H groups in total. The normalized spacial score (nSPS) is 11.9. The molecule has 0 aromatic carbocycles. The predicted octanol–water partition coefficient (Wildman–Crippen LogP) is 1.31. The van der Waals surface area contributed by atoms with Gasteiger partial charge in [-0.3, -0.25) is 4.79 Å². The van der Waals surface area contributed by atoms with E-state index >= 15 is 0 Å². The fourth-order valence-corrected chi connectivity index (χ4v) is 1.41. The number of carbonyl (C=O) groups is 2. The number of amides is 2. The molecule has 0 rings (SSSR count). The third-order valence-electron chi connectivity index (χ3n) is 2.64. The third-order valence-corrected chi connectivity index (χ3v) is 2.64. The van der Waals surface area contributed by atoms with Gasteiger partial charge >= 0.3 is 12.0 Å². The maximum Gasteiger partial charge on any atom is 0.323 e. The highest BCUT2D eigenvalue weighted by atomic mass is 16.5. The van der Waals surface area contributed by atoms with Crippen molar-refractivity contribution in [1.29, 1.82) is 0 Å². The molecular weight excluding hydrogens is 236 g/mol. The van der Waals surface area contributed by atoms with Crippen LogP contribution in [-0.4, -0.2) is 54.4 Å². The van der Waals surface area contributed by atoms with E-state index in [4.69, 9.17) is 9.84 Å². The van der Waals surface area contributed by atoms with Crippen LogP contribution in [0.1, 0.15) is 33.6 Å². The number of urea groups is 1. The molecule has 6 nitrogen and oxygen atoms in total. The molecule has 0 bridgehead atoms. The number of carboxylic acids is 1. The number of aliphatic carboxylic acids is 1. The van der Waals surface area contributed by atoms with Gasteiger partial charge in [0.1, 0.15) is 6.54 Å². The van der Waals surface area contributed by atoms with E-state index in [2.05, 4.69) is 5.32 Å². The number of nitrogens with zero attached hydrogens (tertiary/aromatic N) is 1. The van der Waals surface area contributed by atoms with Crippen molar-refractivity contribution in [3.05, 3.63) is 0 Å². The van der Waals surface area contributed by atoms with E-state index in [1.165, 1.54) is 4.90 Å². The largest absolute Gasteiger partial charge is 0.480 e. The van der Waals surface area contributed by atoms with Gasteiger partial charge in [-0.1, -0.05) is 6.92 Å². The van der Waals surface area contributed by atoms with Crippen LogP contribution in [-0.2, 0) is 9.53 Å². The lowest BCUT2D eigenvalue weighted by atomic mass is 10.2. The Bertz CT molecular complexity index is 258. The highest BCUT2D eigenvalue weighted by molar-refractivity contribution is 5.80. The fraction of sp³-hybridized carbons (Fsp3) is 0.833. The minimum absolute atomic E-state index is 0.0898. The van der Waals surface area contributed by atoms with Gasteiger partial charge in [-0.05, 0) is 26.7 Å². The molecule has 0 saturated heterocycles. The topological polar surface area (TPSA) is 78.9 Å². The zero-order chi connectivity index (χ0) is 14.0. The molecule has 6 heteroatoms. The van der Waals surface area contributed by atoms with E-state index in [9.17, 15) is 9.59 Å². The Balaban J connectivity index is 4.09. The van der Waals surface area contributed by atoms with Crippen molar-refractivity contribution >= 4 is 12.0 Å². The summed E-state index contributed by atoms with van der Waals surface area (Å²) in [5, 5.41) is 11.5. The maximum absolute atomic E-state index is 11.8. The molecule has 2 amide bonds. The van der Waals surface area contributed by atoms with Crippen molar-refractivity contribution < 1.29 is 19.4 Å². The molecule has 1 unspecified atom stereocenters. The first kappa shape index (κ1) is 16.7. The Morgan fingerprint density at radius 2 is 2.06 bits per heavy atom. The maximum atomic E-state index is 11.8. The Hall–Kier alpha value is -1.30. The zero-order valence-corrected chi connectivity index (χ0v) is 11.4. The van der Waals surface area contributed by atoms with Crippen LogP contribution in [0.3, 0.4) is 0 Å². The Morgan fingerprint density at radius 1 is 1.39 bits per heavy atom. The lowest BCUT2D eigenvalue weighted by molar-refractivity contribution is -0.138. The lowest BCUT2D eigenvalue weighted by Crippen LogP contribution is -2.47. The number of ether oxygens (including phenoxy) is 1. The highest BCUT2D eigenvalue weighted by Gasteiger charge is 2.20. The summed E-state index contributed by atoms with van der Waals surface area (Å²) in [5.74, 6) is -1.00. The molecule has 0 aromatic heterocycles. The van der Waals surface area contributed by atoms with Crippen molar-refractivity contribution in [2.24, 2.45) is 0 Å². The van der Waals surface area contributed by atoms with Crippen LogP contribution >= 0.6 is 0 Å². The van der Waals surface area contributed by atoms with Crippen LogP contribution in [0, 0.1) is 0 Å². The van der Waals surface area contributed by atoms with Crippen molar-refractivity contribution in [1.82, 2.24) is 10.2 Å². The van der Waals surface area contributed by atoms with Crippen molar-refractivity contribution in [2.75, 3.05) is 26.3 Å². The molecule has 106 valence electrons. The molecule has 1 atom stereocenters. The van der Waals surface area contributed by atoms with Crippen LogP contribution < -0.4 is 5.32 Å². The Labute approximate surface area is 108 Å². The number of carboxylic acid groups (broad SMARTS) is 1. The standard InChI is InChI=1S/C12H24N2O4/c1-4-10(3)14(9-11(15)16)12(17)13-7-6-8-18-5-2/h10H,4-9H2,1-3H3,(H,13,17)(H,15,16). The molecule has 0 radical (unpaired) electrons. The molecule has 0 aliphatic carbocycles. The number of rotatable bonds is 9. The minimum Gasteiger partial charge on any atom is -0.480 e. The van der Waals surface area contributed by atoms with E-state index < -0.39 is 5.97 Å². The average molecular weight is 260 g/mol. The van der Waals surface area contributed by atoms with Gasteiger partial charge in [0.15, 0.2) is 0 Å².